The average Bonchev–Trinajstić information content (AvgIpc) is 2.50. The molecule has 1 aromatic carbocycles. The topological polar surface area (TPSA) is 0 Å². The van der Waals surface area contributed by atoms with Crippen LogP contribution < -0.4 is 0 Å². The van der Waals surface area contributed by atoms with Crippen molar-refractivity contribution >= 4 is 0 Å². The Kier molecular flexibility index (Phi) is 6.41. The first kappa shape index (κ1) is 16.2. The first-order chi connectivity index (χ1) is 10.2. The number of rotatable bonds is 6. The van der Waals surface area contributed by atoms with Crippen LogP contribution in [0.15, 0.2) is 30.4 Å². The van der Waals surface area contributed by atoms with Gasteiger partial charge in [0.25, 0.3) is 0 Å². The van der Waals surface area contributed by atoms with Crippen molar-refractivity contribution < 1.29 is 8.78 Å². The van der Waals surface area contributed by atoms with Crippen molar-refractivity contribution in [3.05, 3.63) is 47.5 Å². The molecule has 0 unspecified atom stereocenters. The fourth-order valence-electron chi connectivity index (χ4n) is 3.35. The first-order valence-corrected chi connectivity index (χ1v) is 8.30. The Morgan fingerprint density at radius 3 is 2.62 bits per heavy atom. The molecule has 0 saturated heterocycles. The minimum Gasteiger partial charge on any atom is -0.204 e. The summed E-state index contributed by atoms with van der Waals surface area (Å²) in [6, 6.07) is 4.41. The molecule has 0 aromatic heterocycles. The molecule has 0 aliphatic heterocycles. The monoisotopic (exact) mass is 292 g/mol. The van der Waals surface area contributed by atoms with Crippen molar-refractivity contribution in [2.75, 3.05) is 0 Å². The van der Waals surface area contributed by atoms with Gasteiger partial charge in [-0.15, -0.1) is 0 Å². The second-order valence-electron chi connectivity index (χ2n) is 6.25. The van der Waals surface area contributed by atoms with Gasteiger partial charge in [0.2, 0.25) is 0 Å². The smallest absolute Gasteiger partial charge is 0.162 e. The maximum atomic E-state index is 13.5. The molecule has 0 bridgehead atoms. The summed E-state index contributed by atoms with van der Waals surface area (Å²) >= 11 is 0. The zero-order valence-electron chi connectivity index (χ0n) is 13.0. The van der Waals surface area contributed by atoms with Gasteiger partial charge in [-0.3, -0.25) is 0 Å². The predicted octanol–water partition coefficient (Wildman–Crippen LogP) is 6.06. The summed E-state index contributed by atoms with van der Waals surface area (Å²) in [6.45, 7) is 2.26. The van der Waals surface area contributed by atoms with E-state index in [0.29, 0.717) is 17.9 Å². The van der Waals surface area contributed by atoms with Crippen molar-refractivity contribution in [3.63, 3.8) is 0 Å². The molecule has 0 heterocycles. The highest BCUT2D eigenvalue weighted by atomic mass is 19.2. The second-order valence-corrected chi connectivity index (χ2v) is 6.25. The van der Waals surface area contributed by atoms with Crippen LogP contribution in [0.3, 0.4) is 0 Å². The molecule has 0 amide bonds. The van der Waals surface area contributed by atoms with E-state index in [4.69, 9.17) is 0 Å². The van der Waals surface area contributed by atoms with E-state index in [1.54, 1.807) is 12.1 Å². The summed E-state index contributed by atoms with van der Waals surface area (Å²) < 4.78 is 26.6. The lowest BCUT2D eigenvalue weighted by Gasteiger charge is -2.26. The third-order valence-electron chi connectivity index (χ3n) is 4.61. The minimum absolute atomic E-state index is 0.478. The summed E-state index contributed by atoms with van der Waals surface area (Å²) in [5, 5.41) is 0. The molecule has 1 fully saturated rings. The molecule has 21 heavy (non-hydrogen) atoms. The van der Waals surface area contributed by atoms with Crippen LogP contribution in [-0.4, -0.2) is 0 Å². The number of allylic oxidation sites excluding steroid dienone is 2. The number of halogens is 2. The Bertz CT molecular complexity index is 457. The van der Waals surface area contributed by atoms with Gasteiger partial charge in [-0.1, -0.05) is 44.1 Å². The molecular weight excluding hydrogens is 266 g/mol. The maximum absolute atomic E-state index is 13.5. The number of hydrogen-bond donors (Lipinski definition) is 0. The molecule has 0 spiro atoms. The maximum Gasteiger partial charge on any atom is 0.162 e. The van der Waals surface area contributed by atoms with Crippen LogP contribution in [0.1, 0.15) is 57.4 Å². The van der Waals surface area contributed by atoms with Gasteiger partial charge in [-0.05, 0) is 62.0 Å². The van der Waals surface area contributed by atoms with E-state index in [1.165, 1.54) is 44.6 Å². The lowest BCUT2D eigenvalue weighted by atomic mass is 9.80. The zero-order chi connectivity index (χ0) is 15.1. The van der Waals surface area contributed by atoms with Crippen molar-refractivity contribution in [2.45, 2.75) is 58.3 Å². The van der Waals surface area contributed by atoms with Crippen molar-refractivity contribution in [3.8, 4) is 0 Å². The van der Waals surface area contributed by atoms with Gasteiger partial charge in [0.1, 0.15) is 0 Å². The van der Waals surface area contributed by atoms with Crippen LogP contribution in [0.25, 0.3) is 0 Å². The highest BCUT2D eigenvalue weighted by Gasteiger charge is 2.18. The van der Waals surface area contributed by atoms with E-state index in [2.05, 4.69) is 19.1 Å². The number of benzene rings is 1. The minimum atomic E-state index is -0.745. The third-order valence-corrected chi connectivity index (χ3v) is 4.61. The average molecular weight is 292 g/mol. The predicted molar refractivity (Wildman–Crippen MR) is 84.2 cm³/mol. The van der Waals surface area contributed by atoms with Crippen LogP contribution >= 0.6 is 0 Å². The summed E-state index contributed by atoms with van der Waals surface area (Å²) in [6.07, 6.45) is 13.7. The molecule has 0 N–H and O–H groups in total. The Morgan fingerprint density at radius 1 is 1.14 bits per heavy atom. The van der Waals surface area contributed by atoms with Gasteiger partial charge in [0.05, 0.1) is 0 Å². The Balaban J connectivity index is 1.73. The summed E-state index contributed by atoms with van der Waals surface area (Å²) in [7, 11) is 0. The Morgan fingerprint density at radius 2 is 1.90 bits per heavy atom. The second kappa shape index (κ2) is 8.31. The number of aryl methyl sites for hydroxylation is 1. The fourth-order valence-corrected chi connectivity index (χ4v) is 3.35. The SMILES string of the molecule is CCC[C@H]1CC[C@H](/C=C/CCc2cccc(F)c2F)CC1. The zero-order valence-corrected chi connectivity index (χ0v) is 13.0. The van der Waals surface area contributed by atoms with Gasteiger partial charge in [0, 0.05) is 0 Å². The summed E-state index contributed by atoms with van der Waals surface area (Å²) in [5.41, 5.74) is 0.478. The normalized spacial score (nSPS) is 22.8. The largest absolute Gasteiger partial charge is 0.204 e. The van der Waals surface area contributed by atoms with E-state index in [0.717, 1.165) is 12.3 Å². The standard InChI is InChI=1S/C19H26F2/c1-2-6-15-11-13-16(14-12-15)7-3-4-8-17-9-5-10-18(20)19(17)21/h3,5,7,9-10,15-16H,2,4,6,8,11-14H2,1H3/b7-3+/t15-,16-. The quantitative estimate of drug-likeness (QED) is 0.559. The molecule has 1 aromatic rings. The molecule has 0 radical (unpaired) electrons. The molecule has 1 aliphatic carbocycles. The Labute approximate surface area is 127 Å². The van der Waals surface area contributed by atoms with Gasteiger partial charge in [0.15, 0.2) is 11.6 Å². The van der Waals surface area contributed by atoms with Gasteiger partial charge in [-0.2, -0.15) is 0 Å². The van der Waals surface area contributed by atoms with Crippen LogP contribution in [0, 0.1) is 23.5 Å². The van der Waals surface area contributed by atoms with E-state index in [1.807, 2.05) is 0 Å². The summed E-state index contributed by atoms with van der Waals surface area (Å²) in [5.74, 6) is 0.188. The molecule has 116 valence electrons. The van der Waals surface area contributed by atoms with E-state index in [-0.39, 0.29) is 0 Å². The molecule has 0 atom stereocenters. The van der Waals surface area contributed by atoms with Gasteiger partial charge >= 0.3 is 0 Å². The van der Waals surface area contributed by atoms with E-state index >= 15 is 0 Å². The summed E-state index contributed by atoms with van der Waals surface area (Å²) in [4.78, 5) is 0. The molecule has 2 heteroatoms. The molecule has 0 nitrogen and oxygen atoms in total. The first-order valence-electron chi connectivity index (χ1n) is 8.30. The molecular formula is C19H26F2. The lowest BCUT2D eigenvalue weighted by Crippen LogP contribution is -2.12. The molecule has 1 saturated carbocycles. The van der Waals surface area contributed by atoms with Crippen LogP contribution in [0.5, 0.6) is 0 Å². The molecule has 1 aliphatic rings. The van der Waals surface area contributed by atoms with Gasteiger partial charge in [-0.25, -0.2) is 8.78 Å². The lowest BCUT2D eigenvalue weighted by molar-refractivity contribution is 0.294. The van der Waals surface area contributed by atoms with E-state index < -0.39 is 11.6 Å². The highest BCUT2D eigenvalue weighted by molar-refractivity contribution is 5.19. The Hall–Kier alpha value is -1.18. The van der Waals surface area contributed by atoms with Crippen LogP contribution in [-0.2, 0) is 6.42 Å². The van der Waals surface area contributed by atoms with Gasteiger partial charge < -0.3 is 0 Å². The third kappa shape index (κ3) is 4.94. The fraction of sp³-hybridized carbons (Fsp3) is 0.579. The highest BCUT2D eigenvalue weighted by Crippen LogP contribution is 2.32. The van der Waals surface area contributed by atoms with Crippen molar-refractivity contribution in [1.29, 1.82) is 0 Å². The van der Waals surface area contributed by atoms with Crippen LogP contribution in [0.2, 0.25) is 0 Å². The van der Waals surface area contributed by atoms with Crippen molar-refractivity contribution in [2.24, 2.45) is 11.8 Å². The molecule has 2 rings (SSSR count). The van der Waals surface area contributed by atoms with Crippen LogP contribution in [0.4, 0.5) is 8.78 Å². The van der Waals surface area contributed by atoms with Crippen molar-refractivity contribution in [1.82, 2.24) is 0 Å². The number of hydrogen-bond acceptors (Lipinski definition) is 0. The van der Waals surface area contributed by atoms with E-state index in [9.17, 15) is 8.78 Å².